The topological polar surface area (TPSA) is 41.1 Å². The van der Waals surface area contributed by atoms with Crippen molar-refractivity contribution < 1.29 is 18.0 Å². The quantitative estimate of drug-likeness (QED) is 0.877. The Morgan fingerprint density at radius 3 is 2.30 bits per heavy atom. The van der Waals surface area contributed by atoms with Gasteiger partial charge in [0.1, 0.15) is 0 Å². The van der Waals surface area contributed by atoms with Gasteiger partial charge in [-0.3, -0.25) is 4.79 Å². The van der Waals surface area contributed by atoms with Crippen molar-refractivity contribution in [3.63, 3.8) is 0 Å². The summed E-state index contributed by atoms with van der Waals surface area (Å²) in [5.74, 6) is -0.328. The minimum Gasteiger partial charge on any atom is -0.376 e. The van der Waals surface area contributed by atoms with Gasteiger partial charge in [-0.05, 0) is 55.3 Å². The fraction of sp³-hybridized carbons (Fsp3) is 0.235. The molecule has 2 aromatic rings. The Hall–Kier alpha value is -2.50. The molecule has 23 heavy (non-hydrogen) atoms. The first kappa shape index (κ1) is 16.9. The van der Waals surface area contributed by atoms with E-state index in [-0.39, 0.29) is 12.5 Å². The Morgan fingerprint density at radius 1 is 1.04 bits per heavy atom. The van der Waals surface area contributed by atoms with Crippen molar-refractivity contribution in [1.29, 1.82) is 0 Å². The zero-order valence-electron chi connectivity index (χ0n) is 12.8. The molecule has 0 aliphatic carbocycles. The van der Waals surface area contributed by atoms with E-state index in [2.05, 4.69) is 10.6 Å². The summed E-state index contributed by atoms with van der Waals surface area (Å²) in [6.07, 6.45) is -4.38. The second-order valence-electron chi connectivity index (χ2n) is 5.30. The summed E-state index contributed by atoms with van der Waals surface area (Å²) in [5.41, 5.74) is 2.52. The Balaban J connectivity index is 1.93. The molecule has 0 heterocycles. The van der Waals surface area contributed by atoms with E-state index < -0.39 is 11.7 Å². The van der Waals surface area contributed by atoms with Crippen molar-refractivity contribution in [1.82, 2.24) is 0 Å². The maximum atomic E-state index is 12.5. The minimum atomic E-state index is -4.38. The van der Waals surface area contributed by atoms with Gasteiger partial charge < -0.3 is 10.6 Å². The summed E-state index contributed by atoms with van der Waals surface area (Å²) < 4.78 is 37.4. The van der Waals surface area contributed by atoms with Crippen LogP contribution in [-0.2, 0) is 11.0 Å². The number of carbonyl (C=O) groups is 1. The normalized spacial score (nSPS) is 11.2. The standard InChI is InChI=1S/C17H17F3N2O/c1-11-3-4-12(2)15(9-11)21-10-16(23)22-14-7-5-13(6-8-14)17(18,19)20/h3-9,21H,10H2,1-2H3,(H,22,23). The molecule has 0 aliphatic heterocycles. The van der Waals surface area contributed by atoms with E-state index in [0.29, 0.717) is 5.69 Å². The predicted molar refractivity (Wildman–Crippen MR) is 84.5 cm³/mol. The molecule has 0 bridgehead atoms. The lowest BCUT2D eigenvalue weighted by atomic mass is 10.1. The number of carbonyl (C=O) groups excluding carboxylic acids is 1. The first-order chi connectivity index (χ1) is 10.8. The lowest BCUT2D eigenvalue weighted by Crippen LogP contribution is -2.22. The maximum absolute atomic E-state index is 12.5. The van der Waals surface area contributed by atoms with Crippen LogP contribution in [0.25, 0.3) is 0 Å². The van der Waals surface area contributed by atoms with Crippen LogP contribution < -0.4 is 10.6 Å². The van der Waals surface area contributed by atoms with Gasteiger partial charge in [0.15, 0.2) is 0 Å². The molecule has 0 aromatic heterocycles. The van der Waals surface area contributed by atoms with Crippen LogP contribution >= 0.6 is 0 Å². The smallest absolute Gasteiger partial charge is 0.376 e. The minimum absolute atomic E-state index is 0.0331. The summed E-state index contributed by atoms with van der Waals surface area (Å²) in [5, 5.41) is 5.57. The Kier molecular flexibility index (Phi) is 4.93. The van der Waals surface area contributed by atoms with Crippen molar-refractivity contribution in [3.8, 4) is 0 Å². The third-order valence-electron chi connectivity index (χ3n) is 3.33. The second-order valence-corrected chi connectivity index (χ2v) is 5.30. The van der Waals surface area contributed by atoms with Gasteiger partial charge in [-0.2, -0.15) is 13.2 Å². The highest BCUT2D eigenvalue weighted by molar-refractivity contribution is 5.93. The number of aryl methyl sites for hydroxylation is 2. The van der Waals surface area contributed by atoms with Crippen molar-refractivity contribution in [2.24, 2.45) is 0 Å². The van der Waals surface area contributed by atoms with Gasteiger partial charge in [-0.1, -0.05) is 12.1 Å². The number of hydrogen-bond donors (Lipinski definition) is 2. The molecule has 0 spiro atoms. The number of nitrogens with one attached hydrogen (secondary N) is 2. The van der Waals surface area contributed by atoms with Crippen LogP contribution in [0, 0.1) is 13.8 Å². The van der Waals surface area contributed by atoms with Crippen molar-refractivity contribution >= 4 is 17.3 Å². The largest absolute Gasteiger partial charge is 0.416 e. The molecule has 0 aliphatic rings. The molecule has 1 amide bonds. The molecule has 3 nitrogen and oxygen atoms in total. The highest BCUT2D eigenvalue weighted by atomic mass is 19.4. The maximum Gasteiger partial charge on any atom is 0.416 e. The van der Waals surface area contributed by atoms with Gasteiger partial charge in [0.25, 0.3) is 0 Å². The number of anilines is 2. The average Bonchev–Trinajstić information content (AvgIpc) is 2.48. The van der Waals surface area contributed by atoms with Crippen molar-refractivity contribution in [2.45, 2.75) is 20.0 Å². The van der Waals surface area contributed by atoms with Gasteiger partial charge in [-0.25, -0.2) is 0 Å². The van der Waals surface area contributed by atoms with Gasteiger partial charge in [0, 0.05) is 11.4 Å². The van der Waals surface area contributed by atoms with Gasteiger partial charge >= 0.3 is 6.18 Å². The Bertz CT molecular complexity index is 694. The van der Waals surface area contributed by atoms with Crippen molar-refractivity contribution in [3.05, 3.63) is 59.2 Å². The first-order valence-electron chi connectivity index (χ1n) is 7.04. The number of halogens is 3. The molecular formula is C17H17F3N2O. The lowest BCUT2D eigenvalue weighted by molar-refractivity contribution is -0.137. The average molecular weight is 322 g/mol. The SMILES string of the molecule is Cc1ccc(C)c(NCC(=O)Nc2ccc(C(F)(F)F)cc2)c1. The van der Waals surface area contributed by atoms with Gasteiger partial charge in [0.05, 0.1) is 12.1 Å². The number of amides is 1. The van der Waals surface area contributed by atoms with Crippen LogP contribution in [0.2, 0.25) is 0 Å². The molecule has 122 valence electrons. The third-order valence-corrected chi connectivity index (χ3v) is 3.33. The van der Waals surface area contributed by atoms with Crippen LogP contribution in [0.5, 0.6) is 0 Å². The number of benzene rings is 2. The molecule has 2 N–H and O–H groups in total. The molecule has 0 radical (unpaired) electrons. The van der Waals surface area contributed by atoms with Gasteiger partial charge in [0.2, 0.25) is 5.91 Å². The van der Waals surface area contributed by atoms with Crippen LogP contribution in [0.3, 0.4) is 0 Å². The summed E-state index contributed by atoms with van der Waals surface area (Å²) >= 11 is 0. The van der Waals surface area contributed by atoms with Crippen LogP contribution in [0.15, 0.2) is 42.5 Å². The number of hydrogen-bond acceptors (Lipinski definition) is 2. The fourth-order valence-electron chi connectivity index (χ4n) is 2.05. The van der Waals surface area contributed by atoms with E-state index in [9.17, 15) is 18.0 Å². The predicted octanol–water partition coefficient (Wildman–Crippen LogP) is 4.37. The highest BCUT2D eigenvalue weighted by Crippen LogP contribution is 2.29. The Morgan fingerprint density at radius 2 is 1.70 bits per heavy atom. The molecule has 0 saturated heterocycles. The molecule has 6 heteroatoms. The number of rotatable bonds is 4. The second kappa shape index (κ2) is 6.73. The summed E-state index contributed by atoms with van der Waals surface area (Å²) in [4.78, 5) is 11.9. The fourth-order valence-corrected chi connectivity index (χ4v) is 2.05. The molecule has 0 fully saturated rings. The Labute approximate surface area is 132 Å². The van der Waals surface area contributed by atoms with E-state index in [0.717, 1.165) is 28.9 Å². The van der Waals surface area contributed by atoms with E-state index >= 15 is 0 Å². The summed E-state index contributed by atoms with van der Waals surface area (Å²) in [6.45, 7) is 3.91. The number of alkyl halides is 3. The van der Waals surface area contributed by atoms with Crippen molar-refractivity contribution in [2.75, 3.05) is 17.2 Å². The van der Waals surface area contributed by atoms with E-state index in [4.69, 9.17) is 0 Å². The molecule has 0 atom stereocenters. The molecule has 0 unspecified atom stereocenters. The van der Waals surface area contributed by atoms with E-state index in [1.807, 2.05) is 32.0 Å². The van der Waals surface area contributed by atoms with Crippen LogP contribution in [0.1, 0.15) is 16.7 Å². The summed E-state index contributed by atoms with van der Waals surface area (Å²) in [6, 6.07) is 10.2. The van der Waals surface area contributed by atoms with E-state index in [1.165, 1.54) is 12.1 Å². The molecule has 2 aromatic carbocycles. The van der Waals surface area contributed by atoms with E-state index in [1.54, 1.807) is 0 Å². The van der Waals surface area contributed by atoms with Crippen LogP contribution in [0.4, 0.5) is 24.5 Å². The first-order valence-corrected chi connectivity index (χ1v) is 7.04. The molecule has 2 rings (SSSR count). The zero-order chi connectivity index (χ0) is 17.0. The van der Waals surface area contributed by atoms with Crippen LogP contribution in [-0.4, -0.2) is 12.5 Å². The molecular weight excluding hydrogens is 305 g/mol. The summed E-state index contributed by atoms with van der Waals surface area (Å²) in [7, 11) is 0. The monoisotopic (exact) mass is 322 g/mol. The molecule has 0 saturated carbocycles. The van der Waals surface area contributed by atoms with Gasteiger partial charge in [-0.15, -0.1) is 0 Å². The zero-order valence-corrected chi connectivity index (χ0v) is 12.8. The highest BCUT2D eigenvalue weighted by Gasteiger charge is 2.29. The third kappa shape index (κ3) is 4.74. The lowest BCUT2D eigenvalue weighted by Gasteiger charge is -2.11.